The maximum Gasteiger partial charge on any atom is 0.264 e. The van der Waals surface area contributed by atoms with Crippen molar-refractivity contribution < 1.29 is 9.90 Å². The number of hydrogen-bond acceptors (Lipinski definition) is 6. The van der Waals surface area contributed by atoms with Crippen LogP contribution in [0, 0.1) is 0 Å². The molecule has 0 saturated carbocycles. The van der Waals surface area contributed by atoms with Crippen molar-refractivity contribution in [2.75, 3.05) is 0 Å². The van der Waals surface area contributed by atoms with Gasteiger partial charge < -0.3 is 5.11 Å². The molecule has 1 aromatic heterocycles. The number of nitrogens with zero attached hydrogens (tertiary/aromatic N) is 4. The largest absolute Gasteiger partial charge is 0.510 e. The van der Waals surface area contributed by atoms with Gasteiger partial charge in [0, 0.05) is 6.92 Å². The molecule has 1 aromatic rings. The molecule has 0 aromatic carbocycles. The summed E-state index contributed by atoms with van der Waals surface area (Å²) < 4.78 is 0. The molecule has 0 unspecified atom stereocenters. The zero-order valence-corrected chi connectivity index (χ0v) is 7.72. The second kappa shape index (κ2) is 4.26. The maximum absolute atomic E-state index is 10.9. The number of carbonyl (C=O) groups excluding carboxylic acids is 1. The van der Waals surface area contributed by atoms with Crippen LogP contribution in [0.15, 0.2) is 28.0 Å². The zero-order chi connectivity index (χ0) is 10.6. The predicted octanol–water partition coefficient (Wildman–Crippen LogP) is 1.27. The summed E-state index contributed by atoms with van der Waals surface area (Å²) in [4.78, 5) is 14.6. The van der Waals surface area contributed by atoms with Gasteiger partial charge in [0.25, 0.3) is 5.95 Å². The van der Waals surface area contributed by atoms with Gasteiger partial charge in [-0.1, -0.05) is 0 Å². The number of aliphatic hydroxyl groups excluding tert-OH is 1. The molecule has 1 rings (SSSR count). The van der Waals surface area contributed by atoms with Gasteiger partial charge in [0.1, 0.15) is 12.1 Å². The molecule has 0 bridgehead atoms. The number of ketones is 1. The molecule has 0 aliphatic carbocycles. The quantitative estimate of drug-likeness (QED) is 0.430. The third-order valence-electron chi connectivity index (χ3n) is 1.32. The molecule has 0 amide bonds. The van der Waals surface area contributed by atoms with Gasteiger partial charge in [-0.3, -0.25) is 4.79 Å². The molecule has 0 atom stereocenters. The Morgan fingerprint density at radius 1 is 1.57 bits per heavy atom. The summed E-state index contributed by atoms with van der Waals surface area (Å²) in [5.41, 5.74) is -0.0959. The maximum atomic E-state index is 10.9. The van der Waals surface area contributed by atoms with E-state index in [1.165, 1.54) is 20.2 Å². The van der Waals surface area contributed by atoms with Gasteiger partial charge in [-0.15, -0.1) is 10.2 Å². The minimum Gasteiger partial charge on any atom is -0.510 e. The van der Waals surface area contributed by atoms with Crippen molar-refractivity contribution in [2.24, 2.45) is 10.2 Å². The first kappa shape index (κ1) is 10.0. The summed E-state index contributed by atoms with van der Waals surface area (Å²) in [6, 6.07) is 0. The molecule has 2 N–H and O–H groups in total. The Morgan fingerprint density at radius 2 is 2.29 bits per heavy atom. The highest BCUT2D eigenvalue weighted by Gasteiger charge is 2.06. The molecule has 0 spiro atoms. The Morgan fingerprint density at radius 3 is 2.71 bits per heavy atom. The van der Waals surface area contributed by atoms with Crippen LogP contribution in [-0.4, -0.2) is 26.1 Å². The van der Waals surface area contributed by atoms with Crippen LogP contribution in [0.25, 0.3) is 0 Å². The van der Waals surface area contributed by atoms with Crippen LogP contribution in [0.2, 0.25) is 0 Å². The molecule has 0 aliphatic heterocycles. The minimum atomic E-state index is -0.367. The van der Waals surface area contributed by atoms with Crippen molar-refractivity contribution in [2.45, 2.75) is 13.8 Å². The van der Waals surface area contributed by atoms with Crippen LogP contribution in [0.1, 0.15) is 13.8 Å². The van der Waals surface area contributed by atoms with E-state index in [0.29, 0.717) is 0 Å². The Labute approximate surface area is 79.6 Å². The fourth-order valence-electron chi connectivity index (χ4n) is 0.742. The monoisotopic (exact) mass is 195 g/mol. The average Bonchev–Trinajstić information content (AvgIpc) is 2.55. The van der Waals surface area contributed by atoms with Crippen LogP contribution in [0.5, 0.6) is 0 Å². The summed E-state index contributed by atoms with van der Waals surface area (Å²) >= 11 is 0. The summed E-state index contributed by atoms with van der Waals surface area (Å²) in [6.07, 6.45) is 1.26. The van der Waals surface area contributed by atoms with E-state index in [9.17, 15) is 4.79 Å². The Hall–Kier alpha value is -2.05. The van der Waals surface area contributed by atoms with Crippen molar-refractivity contribution >= 4 is 11.7 Å². The van der Waals surface area contributed by atoms with Crippen molar-refractivity contribution in [3.8, 4) is 0 Å². The number of carbonyl (C=O) groups is 1. The van der Waals surface area contributed by atoms with Gasteiger partial charge in [-0.25, -0.2) is 5.10 Å². The summed E-state index contributed by atoms with van der Waals surface area (Å²) in [5, 5.41) is 22.1. The van der Waals surface area contributed by atoms with Gasteiger partial charge in [-0.2, -0.15) is 10.1 Å². The predicted molar refractivity (Wildman–Crippen MR) is 46.9 cm³/mol. The molecule has 0 radical (unpaired) electrons. The first-order chi connectivity index (χ1) is 6.61. The summed E-state index contributed by atoms with van der Waals surface area (Å²) in [7, 11) is 0. The molecular formula is C7H9N5O2. The van der Waals surface area contributed by atoms with Crippen LogP contribution in [0.3, 0.4) is 0 Å². The van der Waals surface area contributed by atoms with Gasteiger partial charge in [0.2, 0.25) is 0 Å². The van der Waals surface area contributed by atoms with Crippen molar-refractivity contribution in [3.63, 3.8) is 0 Å². The Kier molecular flexibility index (Phi) is 3.05. The van der Waals surface area contributed by atoms with Gasteiger partial charge in [0.15, 0.2) is 11.5 Å². The minimum absolute atomic E-state index is 0.0959. The van der Waals surface area contributed by atoms with Crippen molar-refractivity contribution in [1.29, 1.82) is 0 Å². The van der Waals surface area contributed by atoms with Gasteiger partial charge in [0.05, 0.1) is 0 Å². The second-order valence-electron chi connectivity index (χ2n) is 2.50. The molecule has 0 saturated heterocycles. The van der Waals surface area contributed by atoms with E-state index in [2.05, 4.69) is 25.4 Å². The molecular weight excluding hydrogens is 186 g/mol. The van der Waals surface area contributed by atoms with Gasteiger partial charge in [-0.05, 0) is 6.92 Å². The number of aromatic nitrogens is 3. The van der Waals surface area contributed by atoms with Crippen LogP contribution in [-0.2, 0) is 4.79 Å². The number of aliphatic hydroxyl groups is 1. The molecule has 74 valence electrons. The number of Topliss-reactive ketones (excluding diaryl/α,β-unsaturated/α-hetero) is 1. The second-order valence-corrected chi connectivity index (χ2v) is 2.50. The molecule has 7 nitrogen and oxygen atoms in total. The van der Waals surface area contributed by atoms with Crippen molar-refractivity contribution in [3.05, 3.63) is 17.8 Å². The first-order valence-electron chi connectivity index (χ1n) is 3.79. The van der Waals surface area contributed by atoms with E-state index < -0.39 is 0 Å². The fraction of sp³-hybridized carbons (Fsp3) is 0.286. The average molecular weight is 195 g/mol. The van der Waals surface area contributed by atoms with Crippen LogP contribution < -0.4 is 0 Å². The number of aromatic amines is 1. The van der Waals surface area contributed by atoms with Crippen LogP contribution >= 0.6 is 0 Å². The molecule has 1 heterocycles. The third kappa shape index (κ3) is 2.47. The highest BCUT2D eigenvalue weighted by Crippen LogP contribution is 2.08. The highest BCUT2D eigenvalue weighted by atomic mass is 16.3. The smallest absolute Gasteiger partial charge is 0.264 e. The molecule has 14 heavy (non-hydrogen) atoms. The van der Waals surface area contributed by atoms with E-state index in [0.717, 1.165) is 0 Å². The van der Waals surface area contributed by atoms with E-state index in [1.54, 1.807) is 0 Å². The topological polar surface area (TPSA) is 104 Å². The van der Waals surface area contributed by atoms with E-state index in [1.807, 2.05) is 0 Å². The molecule has 0 aliphatic rings. The number of allylic oxidation sites excluding steroid dienone is 2. The Bertz CT molecular complexity index is 375. The lowest BCUT2D eigenvalue weighted by molar-refractivity contribution is -0.113. The third-order valence-corrected chi connectivity index (χ3v) is 1.32. The normalized spacial score (nSPS) is 13.0. The van der Waals surface area contributed by atoms with E-state index in [-0.39, 0.29) is 23.2 Å². The summed E-state index contributed by atoms with van der Waals surface area (Å²) in [5.74, 6) is -0.376. The number of rotatable bonds is 3. The molecule has 7 heteroatoms. The fourth-order valence-corrected chi connectivity index (χ4v) is 0.742. The van der Waals surface area contributed by atoms with Gasteiger partial charge >= 0.3 is 0 Å². The Balaban J connectivity index is 2.86. The standard InChI is InChI=1S/C7H9N5O2/c1-4(13)6(5(2)14)10-12-7-8-3-9-11-7/h3,13H,1-2H3,(H,8,9,11)/b6-4-,12-10?. The number of azo groups is 1. The van der Waals surface area contributed by atoms with E-state index >= 15 is 0 Å². The lowest BCUT2D eigenvalue weighted by Gasteiger charge is -1.94. The lowest BCUT2D eigenvalue weighted by atomic mass is 10.3. The lowest BCUT2D eigenvalue weighted by Crippen LogP contribution is -1.96. The summed E-state index contributed by atoms with van der Waals surface area (Å²) in [6.45, 7) is 2.64. The molecule has 0 fully saturated rings. The highest BCUT2D eigenvalue weighted by molar-refractivity contribution is 5.93. The number of nitrogens with one attached hydrogen (secondary N) is 1. The first-order valence-corrected chi connectivity index (χ1v) is 3.79. The SMILES string of the molecule is CC(=O)/C(N=Nc1ncn[nH]1)=C(\C)O. The van der Waals surface area contributed by atoms with Crippen LogP contribution in [0.4, 0.5) is 5.95 Å². The number of hydrogen-bond donors (Lipinski definition) is 2. The van der Waals surface area contributed by atoms with E-state index in [4.69, 9.17) is 5.11 Å². The zero-order valence-electron chi connectivity index (χ0n) is 7.72. The number of H-pyrrole nitrogens is 1. The van der Waals surface area contributed by atoms with Crippen molar-refractivity contribution in [1.82, 2.24) is 15.2 Å².